The van der Waals surface area contributed by atoms with Crippen molar-refractivity contribution in [2.75, 3.05) is 19.1 Å². The van der Waals surface area contributed by atoms with Gasteiger partial charge in [-0.2, -0.15) is 0 Å². The maximum Gasteiger partial charge on any atom is 0.159 e. The van der Waals surface area contributed by atoms with Gasteiger partial charge in [0.2, 0.25) is 0 Å². The van der Waals surface area contributed by atoms with E-state index in [2.05, 4.69) is 17.2 Å². The fraction of sp³-hybridized carbons (Fsp3) is 0.407. The Hall–Kier alpha value is -3.12. The van der Waals surface area contributed by atoms with Gasteiger partial charge in [-0.3, -0.25) is 4.79 Å². The van der Waals surface area contributed by atoms with Crippen LogP contribution in [0.4, 0.5) is 5.69 Å². The molecule has 3 aromatic rings. The summed E-state index contributed by atoms with van der Waals surface area (Å²) >= 11 is 0. The second-order valence-electron chi connectivity index (χ2n) is 9.66. The standard InChI is InChI=1S/C27H33N3O3/c1-16-12-21(18(3)31)14-23(33-7)25(16)29(6)17(2)22-13-20-10-11-24(27(4,5)32)28-26(20)30(22)15-19-8-9-19/h10-14,19,32H,2,8-9,15H2,1,3-7H3. The Morgan fingerprint density at radius 1 is 1.30 bits per heavy atom. The summed E-state index contributed by atoms with van der Waals surface area (Å²) in [6, 6.07) is 9.69. The van der Waals surface area contributed by atoms with E-state index < -0.39 is 5.60 Å². The molecular formula is C27H33N3O3. The van der Waals surface area contributed by atoms with Crippen molar-refractivity contribution in [2.24, 2.45) is 5.92 Å². The molecule has 0 spiro atoms. The molecule has 6 heteroatoms. The Bertz CT molecular complexity index is 1250. The summed E-state index contributed by atoms with van der Waals surface area (Å²) in [5.41, 5.74) is 4.73. The molecule has 1 aliphatic rings. The van der Waals surface area contributed by atoms with Crippen LogP contribution in [-0.2, 0) is 12.1 Å². The van der Waals surface area contributed by atoms with Crippen molar-refractivity contribution in [2.45, 2.75) is 52.7 Å². The lowest BCUT2D eigenvalue weighted by atomic mass is 10.0. The summed E-state index contributed by atoms with van der Waals surface area (Å²) in [5.74, 6) is 1.27. The number of anilines is 1. The Balaban J connectivity index is 1.81. The quantitative estimate of drug-likeness (QED) is 0.475. The molecule has 1 saturated carbocycles. The van der Waals surface area contributed by atoms with Crippen LogP contribution in [0.1, 0.15) is 60.9 Å². The molecule has 1 N–H and O–H groups in total. The van der Waals surface area contributed by atoms with E-state index in [0.717, 1.165) is 40.2 Å². The van der Waals surface area contributed by atoms with Crippen LogP contribution in [0, 0.1) is 12.8 Å². The molecule has 2 aromatic heterocycles. The lowest BCUT2D eigenvalue weighted by molar-refractivity contribution is 0.0741. The van der Waals surface area contributed by atoms with E-state index in [0.29, 0.717) is 22.9 Å². The molecule has 33 heavy (non-hydrogen) atoms. The van der Waals surface area contributed by atoms with Crippen molar-refractivity contribution in [3.63, 3.8) is 0 Å². The molecule has 0 atom stereocenters. The fourth-order valence-electron chi connectivity index (χ4n) is 4.29. The van der Waals surface area contributed by atoms with Crippen LogP contribution in [0.2, 0.25) is 0 Å². The molecule has 1 aliphatic carbocycles. The molecule has 0 aliphatic heterocycles. The van der Waals surface area contributed by atoms with Gasteiger partial charge in [0.25, 0.3) is 0 Å². The van der Waals surface area contributed by atoms with Crippen molar-refractivity contribution >= 4 is 28.2 Å². The number of Topliss-reactive ketones (excluding diaryl/α,β-unsaturated/α-hetero) is 1. The van der Waals surface area contributed by atoms with Crippen LogP contribution < -0.4 is 9.64 Å². The zero-order chi connectivity index (χ0) is 24.1. The lowest BCUT2D eigenvalue weighted by Crippen LogP contribution is -2.20. The van der Waals surface area contributed by atoms with E-state index in [9.17, 15) is 9.90 Å². The van der Waals surface area contributed by atoms with Gasteiger partial charge < -0.3 is 19.3 Å². The SMILES string of the molecule is C=C(c1cc2ccc(C(C)(C)O)nc2n1CC1CC1)N(C)c1c(C)cc(C(C)=O)cc1OC. The number of aryl methyl sites for hydroxylation is 1. The van der Waals surface area contributed by atoms with Gasteiger partial charge in [0.15, 0.2) is 5.78 Å². The first-order valence-corrected chi connectivity index (χ1v) is 11.4. The smallest absolute Gasteiger partial charge is 0.159 e. The fourth-order valence-corrected chi connectivity index (χ4v) is 4.29. The Morgan fingerprint density at radius 2 is 2.00 bits per heavy atom. The average molecular weight is 448 g/mol. The largest absolute Gasteiger partial charge is 0.495 e. The number of pyridine rings is 1. The molecule has 0 bridgehead atoms. The van der Waals surface area contributed by atoms with Crippen molar-refractivity contribution in [3.8, 4) is 5.75 Å². The third kappa shape index (κ3) is 4.40. The molecule has 0 saturated heterocycles. The first-order chi connectivity index (χ1) is 15.5. The Morgan fingerprint density at radius 3 is 2.58 bits per heavy atom. The van der Waals surface area contributed by atoms with E-state index in [4.69, 9.17) is 9.72 Å². The highest BCUT2D eigenvalue weighted by atomic mass is 16.5. The summed E-state index contributed by atoms with van der Waals surface area (Å²) < 4.78 is 7.89. The molecule has 0 unspecified atom stereocenters. The molecule has 2 heterocycles. The van der Waals surface area contributed by atoms with Gasteiger partial charge in [-0.1, -0.05) is 6.58 Å². The van der Waals surface area contributed by atoms with Gasteiger partial charge >= 0.3 is 0 Å². The van der Waals surface area contributed by atoms with Crippen LogP contribution in [0.15, 0.2) is 36.9 Å². The highest BCUT2D eigenvalue weighted by molar-refractivity contribution is 5.96. The van der Waals surface area contributed by atoms with Gasteiger partial charge in [-0.15, -0.1) is 0 Å². The minimum absolute atomic E-state index is 0.00248. The monoisotopic (exact) mass is 447 g/mol. The van der Waals surface area contributed by atoms with Crippen LogP contribution in [-0.4, -0.2) is 34.6 Å². The number of aromatic nitrogens is 2. The summed E-state index contributed by atoms with van der Waals surface area (Å²) in [6.45, 7) is 12.3. The number of carbonyl (C=O) groups is 1. The first kappa shape index (κ1) is 23.1. The normalized spacial score (nSPS) is 13.9. The summed E-state index contributed by atoms with van der Waals surface area (Å²) in [4.78, 5) is 18.8. The number of ketones is 1. The topological polar surface area (TPSA) is 67.6 Å². The van der Waals surface area contributed by atoms with Gasteiger partial charge in [0, 0.05) is 24.5 Å². The van der Waals surface area contributed by atoms with E-state index >= 15 is 0 Å². The number of nitrogens with zero attached hydrogens (tertiary/aromatic N) is 3. The highest BCUT2D eigenvalue weighted by Gasteiger charge is 2.27. The first-order valence-electron chi connectivity index (χ1n) is 11.4. The number of aliphatic hydroxyl groups is 1. The third-order valence-corrected chi connectivity index (χ3v) is 6.44. The van der Waals surface area contributed by atoms with Crippen molar-refractivity contribution in [1.29, 1.82) is 0 Å². The zero-order valence-corrected chi connectivity index (χ0v) is 20.4. The minimum atomic E-state index is -1.01. The second-order valence-corrected chi connectivity index (χ2v) is 9.66. The van der Waals surface area contributed by atoms with Crippen LogP contribution in [0.25, 0.3) is 16.7 Å². The molecule has 1 aromatic carbocycles. The number of methoxy groups -OCH3 is 1. The van der Waals surface area contributed by atoms with Gasteiger partial charge in [-0.25, -0.2) is 4.98 Å². The lowest BCUT2D eigenvalue weighted by Gasteiger charge is -2.27. The number of ether oxygens (including phenoxy) is 1. The number of benzene rings is 1. The van der Waals surface area contributed by atoms with E-state index in [-0.39, 0.29) is 5.78 Å². The second kappa shape index (κ2) is 8.34. The maximum absolute atomic E-state index is 11.9. The molecule has 0 radical (unpaired) electrons. The van der Waals surface area contributed by atoms with Gasteiger partial charge in [0.1, 0.15) is 17.0 Å². The summed E-state index contributed by atoms with van der Waals surface area (Å²) in [7, 11) is 3.58. The maximum atomic E-state index is 11.9. The summed E-state index contributed by atoms with van der Waals surface area (Å²) in [5, 5.41) is 11.5. The van der Waals surface area contributed by atoms with Crippen molar-refractivity contribution in [3.05, 3.63) is 59.4 Å². The number of rotatable bonds is 8. The molecule has 0 amide bonds. The Kier molecular flexibility index (Phi) is 5.83. The molecule has 174 valence electrons. The van der Waals surface area contributed by atoms with Crippen LogP contribution in [0.5, 0.6) is 5.75 Å². The molecule has 6 nitrogen and oxygen atoms in total. The number of carbonyl (C=O) groups excluding carboxylic acids is 1. The summed E-state index contributed by atoms with van der Waals surface area (Å²) in [6.07, 6.45) is 2.43. The van der Waals surface area contributed by atoms with Crippen molar-refractivity contribution in [1.82, 2.24) is 9.55 Å². The number of fused-ring (bicyclic) bond motifs is 1. The molecule has 4 rings (SSSR count). The van der Waals surface area contributed by atoms with E-state index in [1.165, 1.54) is 12.8 Å². The van der Waals surface area contributed by atoms with Crippen LogP contribution in [0.3, 0.4) is 0 Å². The zero-order valence-electron chi connectivity index (χ0n) is 20.4. The van der Waals surface area contributed by atoms with E-state index in [1.54, 1.807) is 33.9 Å². The van der Waals surface area contributed by atoms with E-state index in [1.807, 2.05) is 37.1 Å². The third-order valence-electron chi connectivity index (χ3n) is 6.44. The molecular weight excluding hydrogens is 414 g/mol. The highest BCUT2D eigenvalue weighted by Crippen LogP contribution is 2.39. The van der Waals surface area contributed by atoms with Gasteiger partial charge in [-0.05, 0) is 82.3 Å². The average Bonchev–Trinajstić information content (AvgIpc) is 3.51. The minimum Gasteiger partial charge on any atom is -0.495 e. The molecule has 1 fully saturated rings. The van der Waals surface area contributed by atoms with Gasteiger partial charge in [0.05, 0.1) is 29.9 Å². The Labute approximate surface area is 195 Å². The predicted molar refractivity (Wildman–Crippen MR) is 133 cm³/mol. The van der Waals surface area contributed by atoms with Crippen molar-refractivity contribution < 1.29 is 14.6 Å². The predicted octanol–water partition coefficient (Wildman–Crippen LogP) is 5.30. The number of hydrogen-bond donors (Lipinski definition) is 1. The van der Waals surface area contributed by atoms with Crippen LogP contribution >= 0.6 is 0 Å². The number of hydrogen-bond acceptors (Lipinski definition) is 5.